The van der Waals surface area contributed by atoms with Crippen LogP contribution in [0.15, 0.2) is 48.5 Å². The van der Waals surface area contributed by atoms with E-state index in [1.807, 2.05) is 0 Å². The number of unbranched alkanes of at least 4 members (excludes halogenated alkanes) is 1. The summed E-state index contributed by atoms with van der Waals surface area (Å²) in [5, 5.41) is 50.0. The highest BCUT2D eigenvalue weighted by Crippen LogP contribution is 2.15. The summed E-state index contributed by atoms with van der Waals surface area (Å²) in [4.78, 5) is 62.4. The number of hydrogen-bond donors (Lipinski definition) is 11. The lowest BCUT2D eigenvalue weighted by Crippen LogP contribution is -2.60. The first-order valence-corrected chi connectivity index (χ1v) is 14.6. The summed E-state index contributed by atoms with van der Waals surface area (Å²) >= 11 is 0. The molecule has 4 amide bonds. The van der Waals surface area contributed by atoms with Crippen LogP contribution < -0.4 is 38.5 Å². The van der Waals surface area contributed by atoms with E-state index in [9.17, 15) is 44.4 Å². The van der Waals surface area contributed by atoms with Gasteiger partial charge in [0.2, 0.25) is 23.6 Å². The van der Waals surface area contributed by atoms with E-state index in [0.717, 1.165) is 0 Å². The Bertz CT molecular complexity index is 1310. The zero-order valence-electron chi connectivity index (χ0n) is 25.2. The number of carbonyl (C=O) groups excluding carboxylic acids is 4. The second-order valence-corrected chi connectivity index (χ2v) is 10.7. The molecule has 16 heteroatoms. The number of aliphatic hydroxyl groups is 1. The summed E-state index contributed by atoms with van der Waals surface area (Å²) in [6, 6.07) is 6.73. The number of nitrogens with one attached hydrogen (secondary N) is 4. The van der Waals surface area contributed by atoms with E-state index in [0.29, 0.717) is 30.5 Å². The van der Waals surface area contributed by atoms with Gasteiger partial charge in [0, 0.05) is 6.42 Å². The first-order chi connectivity index (χ1) is 21.8. The smallest absolute Gasteiger partial charge is 0.305 e. The fourth-order valence-electron chi connectivity index (χ4n) is 4.52. The molecule has 0 radical (unpaired) electrons. The normalized spacial score (nSPS) is 14.2. The number of aromatic hydroxyl groups is 2. The number of nitrogens with two attached hydrogens (primary N) is 3. The van der Waals surface area contributed by atoms with Crippen molar-refractivity contribution >= 4 is 29.6 Å². The topological polar surface area (TPSA) is 292 Å². The molecule has 0 saturated carbocycles. The minimum Gasteiger partial charge on any atom is -0.508 e. The Morgan fingerprint density at radius 2 is 1.26 bits per heavy atom. The van der Waals surface area contributed by atoms with Crippen molar-refractivity contribution in [1.29, 1.82) is 0 Å². The largest absolute Gasteiger partial charge is 0.508 e. The van der Waals surface area contributed by atoms with E-state index in [4.69, 9.17) is 17.2 Å². The predicted molar refractivity (Wildman–Crippen MR) is 166 cm³/mol. The number of carboxylic acids is 1. The number of phenolic OH excluding ortho intramolecular Hbond substituents is 2. The number of rotatable bonds is 20. The number of aliphatic carboxylic acids is 1. The van der Waals surface area contributed by atoms with Crippen LogP contribution in [0.1, 0.15) is 36.8 Å². The van der Waals surface area contributed by atoms with Gasteiger partial charge in [0.05, 0.1) is 25.0 Å². The molecule has 0 bridgehead atoms. The summed E-state index contributed by atoms with van der Waals surface area (Å²) in [7, 11) is 0. The maximum atomic E-state index is 13.8. The molecule has 0 fully saturated rings. The molecule has 0 aliphatic rings. The van der Waals surface area contributed by atoms with E-state index in [1.165, 1.54) is 36.4 Å². The highest BCUT2D eigenvalue weighted by atomic mass is 16.4. The number of phenols is 2. The van der Waals surface area contributed by atoms with Crippen LogP contribution in [0.5, 0.6) is 11.5 Å². The summed E-state index contributed by atoms with van der Waals surface area (Å²) in [6.45, 7) is -0.117. The molecule has 5 atom stereocenters. The number of primary amides is 1. The highest BCUT2D eigenvalue weighted by molar-refractivity contribution is 5.94. The number of carboxylic acid groups (broad SMARTS) is 1. The Morgan fingerprint density at radius 3 is 1.76 bits per heavy atom. The maximum Gasteiger partial charge on any atom is 0.305 e. The molecule has 0 aliphatic carbocycles. The molecule has 252 valence electrons. The van der Waals surface area contributed by atoms with E-state index in [-0.39, 0.29) is 30.8 Å². The summed E-state index contributed by atoms with van der Waals surface area (Å²) < 4.78 is 0. The van der Waals surface area contributed by atoms with Crippen LogP contribution in [0.2, 0.25) is 0 Å². The van der Waals surface area contributed by atoms with E-state index in [1.54, 1.807) is 12.1 Å². The van der Waals surface area contributed by atoms with Crippen LogP contribution in [0, 0.1) is 0 Å². The number of hydrogen-bond acceptors (Lipinski definition) is 11. The van der Waals surface area contributed by atoms with Gasteiger partial charge in [0.15, 0.2) is 0 Å². The summed E-state index contributed by atoms with van der Waals surface area (Å²) in [5.74, 6) is -4.75. The van der Waals surface area contributed by atoms with Gasteiger partial charge in [-0.05, 0) is 61.2 Å². The van der Waals surface area contributed by atoms with Gasteiger partial charge in [-0.15, -0.1) is 0 Å². The highest BCUT2D eigenvalue weighted by Gasteiger charge is 2.32. The van der Waals surface area contributed by atoms with Crippen molar-refractivity contribution in [2.75, 3.05) is 13.1 Å². The van der Waals surface area contributed by atoms with E-state index in [2.05, 4.69) is 21.3 Å². The van der Waals surface area contributed by atoms with Crippen molar-refractivity contribution in [3.8, 4) is 11.5 Å². The van der Waals surface area contributed by atoms with Crippen LogP contribution in [-0.2, 0) is 36.8 Å². The molecule has 5 unspecified atom stereocenters. The van der Waals surface area contributed by atoms with Crippen LogP contribution in [0.3, 0.4) is 0 Å². The Labute approximate surface area is 265 Å². The zero-order chi connectivity index (χ0) is 34.2. The van der Waals surface area contributed by atoms with E-state index < -0.39 is 73.0 Å². The first-order valence-electron chi connectivity index (χ1n) is 14.6. The molecular weight excluding hydrogens is 602 g/mol. The van der Waals surface area contributed by atoms with E-state index >= 15 is 0 Å². The molecule has 2 aromatic carbocycles. The fourth-order valence-corrected chi connectivity index (χ4v) is 4.52. The lowest BCUT2D eigenvalue weighted by Gasteiger charge is -2.30. The Morgan fingerprint density at radius 1 is 0.717 bits per heavy atom. The van der Waals surface area contributed by atoms with Gasteiger partial charge in [0.25, 0.3) is 0 Å². The lowest BCUT2D eigenvalue weighted by atomic mass is 10.0. The lowest BCUT2D eigenvalue weighted by molar-refractivity contribution is -0.141. The minimum absolute atomic E-state index is 0.00252. The number of benzene rings is 2. The van der Waals surface area contributed by atoms with Gasteiger partial charge in [-0.3, -0.25) is 29.3 Å². The van der Waals surface area contributed by atoms with Gasteiger partial charge >= 0.3 is 5.97 Å². The van der Waals surface area contributed by atoms with Gasteiger partial charge in [-0.1, -0.05) is 30.7 Å². The van der Waals surface area contributed by atoms with Crippen LogP contribution in [-0.4, -0.2) is 93.5 Å². The van der Waals surface area contributed by atoms with Crippen molar-refractivity contribution in [2.45, 2.75) is 68.9 Å². The quantitative estimate of drug-likeness (QED) is 0.0534. The number of aliphatic hydroxyl groups excluding tert-OH is 1. The van der Waals surface area contributed by atoms with Crippen molar-refractivity contribution in [3.05, 3.63) is 59.7 Å². The van der Waals surface area contributed by atoms with Crippen molar-refractivity contribution in [3.63, 3.8) is 0 Å². The maximum absolute atomic E-state index is 13.8. The van der Waals surface area contributed by atoms with Crippen molar-refractivity contribution in [2.24, 2.45) is 17.2 Å². The second kappa shape index (κ2) is 18.9. The summed E-state index contributed by atoms with van der Waals surface area (Å²) in [5.41, 5.74) is 17.5. The molecule has 0 aliphatic heterocycles. The first kappa shape index (κ1) is 37.4. The standard InChI is InChI=1S/C30H43N7O9/c31-12-2-1-3-21(27(33)43)35-28(44)22(13-17-4-8-19(38)9-5-17)36-29(45)23(14-18-6-10-20(39)11-7-18)37-30(46)24(15-26(41)42)34-25(40)16-32/h4-11,21-24,28,35,38-39,44H,1-3,12-16,31-32H2,(H2,33,43)(H,34,40)(H,36,45)(H,37,46)(H,41,42). The van der Waals surface area contributed by atoms with Gasteiger partial charge in [-0.25, -0.2) is 0 Å². The van der Waals surface area contributed by atoms with Gasteiger partial charge in [0.1, 0.15) is 29.8 Å². The predicted octanol–water partition coefficient (Wildman–Crippen LogP) is -2.34. The molecule has 14 N–H and O–H groups in total. The molecule has 0 heterocycles. The van der Waals surface area contributed by atoms with Crippen molar-refractivity contribution < 1.29 is 44.4 Å². The average Bonchev–Trinajstić information content (AvgIpc) is 3.01. The van der Waals surface area contributed by atoms with Crippen molar-refractivity contribution in [1.82, 2.24) is 21.3 Å². The van der Waals surface area contributed by atoms with Crippen LogP contribution >= 0.6 is 0 Å². The Hall–Kier alpha value is -4.77. The molecule has 2 aromatic rings. The molecule has 0 saturated heterocycles. The van der Waals surface area contributed by atoms with Crippen LogP contribution in [0.4, 0.5) is 0 Å². The second-order valence-electron chi connectivity index (χ2n) is 10.7. The fraction of sp³-hybridized carbons (Fsp3) is 0.433. The SMILES string of the molecule is NCCCCC(NC(O)C(Cc1ccc(O)cc1)NC(=O)C(Cc1ccc(O)cc1)NC(=O)C(CC(=O)O)NC(=O)CN)C(N)=O. The monoisotopic (exact) mass is 645 g/mol. The molecule has 2 rings (SSSR count). The van der Waals surface area contributed by atoms with Crippen LogP contribution in [0.25, 0.3) is 0 Å². The number of amides is 4. The van der Waals surface area contributed by atoms with Gasteiger partial charge < -0.3 is 53.6 Å². The third kappa shape index (κ3) is 13.1. The molecule has 16 nitrogen and oxygen atoms in total. The zero-order valence-corrected chi connectivity index (χ0v) is 25.2. The average molecular weight is 646 g/mol. The molecule has 46 heavy (non-hydrogen) atoms. The third-order valence-electron chi connectivity index (χ3n) is 6.99. The third-order valence-corrected chi connectivity index (χ3v) is 6.99. The minimum atomic E-state index is -1.56. The molecule has 0 aromatic heterocycles. The number of carbonyl (C=O) groups is 5. The Kier molecular flexibility index (Phi) is 15.4. The summed E-state index contributed by atoms with van der Waals surface area (Å²) in [6.07, 6.45) is -1.04. The molecular formula is C30H43N7O9. The Balaban J connectivity index is 2.39. The van der Waals surface area contributed by atoms with Gasteiger partial charge in [-0.2, -0.15) is 0 Å². The molecule has 0 spiro atoms.